The second-order valence-electron chi connectivity index (χ2n) is 9.74. The van der Waals surface area contributed by atoms with Crippen molar-refractivity contribution in [3.8, 4) is 0 Å². The molecule has 0 amide bonds. The molecular formula is C26H30N2O2S. The van der Waals surface area contributed by atoms with E-state index in [4.69, 9.17) is 5.73 Å². The second-order valence-corrected chi connectivity index (χ2v) is 10.8. The third-order valence-electron chi connectivity index (χ3n) is 6.04. The first-order valence-corrected chi connectivity index (χ1v) is 11.7. The van der Waals surface area contributed by atoms with E-state index in [-0.39, 0.29) is 5.78 Å². The number of thiophene rings is 1. The average molecular weight is 435 g/mol. The summed E-state index contributed by atoms with van der Waals surface area (Å²) in [7, 11) is 0. The Morgan fingerprint density at radius 2 is 1.87 bits per heavy atom. The van der Waals surface area contributed by atoms with Crippen molar-refractivity contribution in [3.63, 3.8) is 0 Å². The molecule has 5 heteroatoms. The van der Waals surface area contributed by atoms with Crippen LogP contribution < -0.4 is 5.73 Å². The summed E-state index contributed by atoms with van der Waals surface area (Å²) < 4.78 is 1.12. The maximum atomic E-state index is 13.1. The number of piperidine rings is 1. The van der Waals surface area contributed by atoms with E-state index >= 15 is 0 Å². The summed E-state index contributed by atoms with van der Waals surface area (Å²) in [5.41, 5.74) is 9.44. The van der Waals surface area contributed by atoms with Crippen LogP contribution in [0.1, 0.15) is 71.4 Å². The Morgan fingerprint density at radius 3 is 2.55 bits per heavy atom. The summed E-state index contributed by atoms with van der Waals surface area (Å²) in [4.78, 5) is 27.1. The van der Waals surface area contributed by atoms with E-state index in [0.29, 0.717) is 28.0 Å². The quantitative estimate of drug-likeness (QED) is 0.410. The molecule has 0 atom stereocenters. The minimum atomic E-state index is -0.125. The highest BCUT2D eigenvalue weighted by atomic mass is 32.1. The van der Waals surface area contributed by atoms with Crippen molar-refractivity contribution in [3.05, 3.63) is 64.7 Å². The molecule has 2 aromatic carbocycles. The van der Waals surface area contributed by atoms with Crippen LogP contribution in [0.5, 0.6) is 0 Å². The summed E-state index contributed by atoms with van der Waals surface area (Å²) >= 11 is 1.60. The molecule has 2 N–H and O–H groups in total. The number of hydrogen-bond acceptors (Lipinski definition) is 5. The van der Waals surface area contributed by atoms with Crippen LogP contribution in [0.15, 0.2) is 42.5 Å². The SMILES string of the molecule is CC(C)(C)CN1CCC(c2c(N)sc3ccc(C(=O)c4ccccc4C=O)cc23)CC1. The number of nitrogens with two attached hydrogens (primary N) is 1. The van der Waals surface area contributed by atoms with Crippen molar-refractivity contribution >= 4 is 38.5 Å². The van der Waals surface area contributed by atoms with E-state index in [1.54, 1.807) is 35.6 Å². The van der Waals surface area contributed by atoms with Crippen molar-refractivity contribution in [2.45, 2.75) is 39.5 Å². The predicted octanol–water partition coefficient (Wildman–Crippen LogP) is 5.75. The smallest absolute Gasteiger partial charge is 0.193 e. The molecule has 1 fully saturated rings. The van der Waals surface area contributed by atoms with E-state index in [2.05, 4.69) is 25.7 Å². The van der Waals surface area contributed by atoms with E-state index in [1.165, 1.54) is 5.56 Å². The lowest BCUT2D eigenvalue weighted by molar-refractivity contribution is 0.102. The number of fused-ring (bicyclic) bond motifs is 1. The number of aldehydes is 1. The minimum Gasteiger partial charge on any atom is -0.390 e. The first-order valence-electron chi connectivity index (χ1n) is 10.9. The Balaban J connectivity index is 1.63. The number of carbonyl (C=O) groups excluding carboxylic acids is 2. The number of ketones is 1. The molecule has 2 heterocycles. The Kier molecular flexibility index (Phi) is 6.00. The Bertz CT molecular complexity index is 1120. The van der Waals surface area contributed by atoms with Gasteiger partial charge in [-0.2, -0.15) is 0 Å². The lowest BCUT2D eigenvalue weighted by Gasteiger charge is -2.36. The van der Waals surface area contributed by atoms with Crippen molar-refractivity contribution in [2.75, 3.05) is 25.4 Å². The summed E-state index contributed by atoms with van der Waals surface area (Å²) in [5, 5.41) is 1.95. The van der Waals surface area contributed by atoms with Gasteiger partial charge in [0.1, 0.15) is 0 Å². The van der Waals surface area contributed by atoms with Crippen LogP contribution in [0.25, 0.3) is 10.1 Å². The number of rotatable bonds is 5. The molecular weight excluding hydrogens is 404 g/mol. The van der Waals surface area contributed by atoms with Crippen molar-refractivity contribution in [1.82, 2.24) is 4.90 Å². The van der Waals surface area contributed by atoms with Crippen molar-refractivity contribution in [1.29, 1.82) is 0 Å². The number of hydrogen-bond donors (Lipinski definition) is 1. The summed E-state index contributed by atoms with van der Waals surface area (Å²) in [6, 6.07) is 12.8. The van der Waals surface area contributed by atoms with E-state index in [9.17, 15) is 9.59 Å². The van der Waals surface area contributed by atoms with Gasteiger partial charge in [0.15, 0.2) is 12.1 Å². The molecule has 0 aliphatic carbocycles. The molecule has 31 heavy (non-hydrogen) atoms. The highest BCUT2D eigenvalue weighted by molar-refractivity contribution is 7.22. The maximum absolute atomic E-state index is 13.1. The fourth-order valence-electron chi connectivity index (χ4n) is 4.71. The van der Waals surface area contributed by atoms with Crippen LogP contribution in [0.2, 0.25) is 0 Å². The first-order chi connectivity index (χ1) is 14.8. The van der Waals surface area contributed by atoms with Crippen LogP contribution in [-0.4, -0.2) is 36.6 Å². The molecule has 1 aromatic heterocycles. The summed E-state index contributed by atoms with van der Waals surface area (Å²) in [6.07, 6.45) is 2.90. The maximum Gasteiger partial charge on any atom is 0.193 e. The molecule has 4 nitrogen and oxygen atoms in total. The van der Waals surface area contributed by atoms with Crippen LogP contribution >= 0.6 is 11.3 Å². The number of benzene rings is 2. The molecule has 0 spiro atoms. The van der Waals surface area contributed by atoms with Crippen LogP contribution in [-0.2, 0) is 0 Å². The molecule has 4 rings (SSSR count). The predicted molar refractivity (Wildman–Crippen MR) is 129 cm³/mol. The van der Waals surface area contributed by atoms with Crippen molar-refractivity contribution in [2.24, 2.45) is 5.41 Å². The topological polar surface area (TPSA) is 63.4 Å². The first kappa shape index (κ1) is 21.7. The molecule has 1 aliphatic heterocycles. The monoisotopic (exact) mass is 434 g/mol. The van der Waals surface area contributed by atoms with Gasteiger partial charge in [-0.25, -0.2) is 0 Å². The zero-order valence-corrected chi connectivity index (χ0v) is 19.3. The van der Waals surface area contributed by atoms with Gasteiger partial charge in [0, 0.05) is 27.9 Å². The van der Waals surface area contributed by atoms with E-state index < -0.39 is 0 Å². The third kappa shape index (κ3) is 4.58. The molecule has 162 valence electrons. The lowest BCUT2D eigenvalue weighted by Crippen LogP contribution is -2.38. The zero-order chi connectivity index (χ0) is 22.2. The molecule has 0 unspecified atom stereocenters. The summed E-state index contributed by atoms with van der Waals surface area (Å²) in [6.45, 7) is 10.1. The normalized spacial score (nSPS) is 16.0. The highest BCUT2D eigenvalue weighted by Crippen LogP contribution is 2.43. The second kappa shape index (κ2) is 8.56. The van der Waals surface area contributed by atoms with E-state index in [0.717, 1.165) is 53.8 Å². The van der Waals surface area contributed by atoms with Gasteiger partial charge >= 0.3 is 0 Å². The van der Waals surface area contributed by atoms with Gasteiger partial charge in [-0.3, -0.25) is 9.59 Å². The van der Waals surface area contributed by atoms with Gasteiger partial charge in [0.25, 0.3) is 0 Å². The Hall–Kier alpha value is -2.50. The molecule has 0 radical (unpaired) electrons. The lowest BCUT2D eigenvalue weighted by atomic mass is 9.86. The molecule has 3 aromatic rings. The fraction of sp³-hybridized carbons (Fsp3) is 0.385. The van der Waals surface area contributed by atoms with Gasteiger partial charge in [-0.05, 0) is 66.4 Å². The van der Waals surface area contributed by atoms with E-state index in [1.807, 2.05) is 18.2 Å². The Morgan fingerprint density at radius 1 is 1.16 bits per heavy atom. The number of anilines is 1. The number of nitrogen functional groups attached to an aromatic ring is 1. The number of likely N-dealkylation sites (tertiary alicyclic amines) is 1. The largest absolute Gasteiger partial charge is 0.390 e. The average Bonchev–Trinajstić information content (AvgIpc) is 3.07. The molecule has 1 saturated heterocycles. The minimum absolute atomic E-state index is 0.125. The summed E-state index contributed by atoms with van der Waals surface area (Å²) in [5.74, 6) is 0.290. The van der Waals surface area contributed by atoms with Gasteiger partial charge in [0.05, 0.1) is 5.00 Å². The standard InChI is InChI=1S/C26H30N2O2S/c1-26(2,3)16-28-12-10-17(11-13-28)23-21-14-18(8-9-22(21)31-25(23)27)24(30)20-7-5-4-6-19(20)15-29/h4-9,14-15,17H,10-13,16,27H2,1-3H3. The molecule has 1 aliphatic rings. The van der Waals surface area contributed by atoms with Crippen LogP contribution in [0, 0.1) is 5.41 Å². The number of nitrogens with zero attached hydrogens (tertiary/aromatic N) is 1. The van der Waals surface area contributed by atoms with Crippen LogP contribution in [0.4, 0.5) is 5.00 Å². The van der Waals surface area contributed by atoms with Gasteiger partial charge < -0.3 is 10.6 Å². The van der Waals surface area contributed by atoms with Gasteiger partial charge in [-0.1, -0.05) is 45.0 Å². The van der Waals surface area contributed by atoms with Crippen LogP contribution in [0.3, 0.4) is 0 Å². The van der Waals surface area contributed by atoms with Gasteiger partial charge in [0.2, 0.25) is 0 Å². The molecule has 0 bridgehead atoms. The fourth-order valence-corrected chi connectivity index (χ4v) is 5.75. The molecule has 0 saturated carbocycles. The zero-order valence-electron chi connectivity index (χ0n) is 18.5. The third-order valence-corrected chi connectivity index (χ3v) is 7.06. The Labute approximate surface area is 188 Å². The van der Waals surface area contributed by atoms with Gasteiger partial charge in [-0.15, -0.1) is 11.3 Å². The van der Waals surface area contributed by atoms with Crippen molar-refractivity contribution < 1.29 is 9.59 Å². The highest BCUT2D eigenvalue weighted by Gasteiger charge is 2.27. The number of carbonyl (C=O) groups is 2.